The first-order valence-corrected chi connectivity index (χ1v) is 9.69. The molecular formula is C16H24NO4P. The van der Waals surface area contributed by atoms with Crippen LogP contribution in [0.15, 0.2) is 30.3 Å². The Labute approximate surface area is 131 Å². The molecule has 6 heteroatoms. The highest BCUT2D eigenvalue weighted by atomic mass is 31.2. The molecule has 1 heterocycles. The van der Waals surface area contributed by atoms with Crippen molar-refractivity contribution < 1.29 is 19.0 Å². The van der Waals surface area contributed by atoms with E-state index in [1.165, 1.54) is 0 Å². The van der Waals surface area contributed by atoms with Crippen LogP contribution in [0.5, 0.6) is 0 Å². The summed E-state index contributed by atoms with van der Waals surface area (Å²) in [6, 6.07) is 9.54. The largest absolute Gasteiger partial charge is 0.466 e. The van der Waals surface area contributed by atoms with Crippen LogP contribution in [0.3, 0.4) is 0 Å². The Morgan fingerprint density at radius 3 is 2.77 bits per heavy atom. The molecule has 3 atom stereocenters. The van der Waals surface area contributed by atoms with Crippen LogP contribution in [-0.2, 0) is 20.5 Å². The van der Waals surface area contributed by atoms with Crippen LogP contribution in [0.1, 0.15) is 25.3 Å². The minimum atomic E-state index is -3.42. The van der Waals surface area contributed by atoms with Gasteiger partial charge >= 0.3 is 5.97 Å². The van der Waals surface area contributed by atoms with Gasteiger partial charge in [0.2, 0.25) is 7.37 Å². The Balaban J connectivity index is 2.10. The fourth-order valence-corrected chi connectivity index (χ4v) is 5.00. The third kappa shape index (κ3) is 4.67. The zero-order chi connectivity index (χ0) is 16.0. The normalized spacial score (nSPS) is 22.0. The van der Waals surface area contributed by atoms with Crippen molar-refractivity contribution >= 4 is 13.3 Å². The van der Waals surface area contributed by atoms with Crippen LogP contribution in [-0.4, -0.2) is 36.0 Å². The van der Waals surface area contributed by atoms with E-state index in [1.807, 2.05) is 30.3 Å². The van der Waals surface area contributed by atoms with E-state index in [4.69, 9.17) is 4.74 Å². The van der Waals surface area contributed by atoms with Crippen LogP contribution in [0.2, 0.25) is 0 Å². The number of hydrogen-bond acceptors (Lipinski definition) is 4. The van der Waals surface area contributed by atoms with Gasteiger partial charge in [0, 0.05) is 6.16 Å². The summed E-state index contributed by atoms with van der Waals surface area (Å²) in [6.07, 6.45) is 1.99. The molecular weight excluding hydrogens is 301 g/mol. The van der Waals surface area contributed by atoms with Gasteiger partial charge in [0.1, 0.15) is 0 Å². The van der Waals surface area contributed by atoms with Crippen molar-refractivity contribution in [3.05, 3.63) is 35.9 Å². The third-order valence-electron chi connectivity index (χ3n) is 3.95. The van der Waals surface area contributed by atoms with E-state index in [-0.39, 0.29) is 18.6 Å². The maximum atomic E-state index is 12.6. The molecule has 22 heavy (non-hydrogen) atoms. The lowest BCUT2D eigenvalue weighted by atomic mass is 10.0. The highest BCUT2D eigenvalue weighted by Crippen LogP contribution is 2.50. The number of carbonyl (C=O) groups is 1. The molecule has 1 aromatic carbocycles. The van der Waals surface area contributed by atoms with Gasteiger partial charge in [0.05, 0.1) is 18.3 Å². The molecule has 3 unspecified atom stereocenters. The minimum absolute atomic E-state index is 0.0294. The average Bonchev–Trinajstić information content (AvgIpc) is 3.03. The molecule has 5 nitrogen and oxygen atoms in total. The lowest BCUT2D eigenvalue weighted by Gasteiger charge is -2.23. The maximum absolute atomic E-state index is 12.6. The van der Waals surface area contributed by atoms with E-state index in [0.29, 0.717) is 12.8 Å². The lowest BCUT2D eigenvalue weighted by molar-refractivity contribution is -0.147. The number of esters is 1. The fraction of sp³-hybridized carbons (Fsp3) is 0.562. The highest BCUT2D eigenvalue weighted by molar-refractivity contribution is 7.58. The third-order valence-corrected chi connectivity index (χ3v) is 6.33. The van der Waals surface area contributed by atoms with Gasteiger partial charge in [-0.3, -0.25) is 9.36 Å². The van der Waals surface area contributed by atoms with Crippen LogP contribution in [0.4, 0.5) is 0 Å². The second-order valence-corrected chi connectivity index (χ2v) is 8.19. The zero-order valence-corrected chi connectivity index (χ0v) is 13.8. The summed E-state index contributed by atoms with van der Waals surface area (Å²) in [6.45, 7) is 2.79. The Bertz CT molecular complexity index is 528. The van der Waals surface area contributed by atoms with Gasteiger partial charge in [-0.2, -0.15) is 0 Å². The van der Waals surface area contributed by atoms with E-state index in [2.05, 4.69) is 5.32 Å². The SMILES string of the molecule is CCOC(=O)C(Cc1ccccc1)CP(=O)(O)C1CCCN1. The summed E-state index contributed by atoms with van der Waals surface area (Å²) in [4.78, 5) is 22.5. The summed E-state index contributed by atoms with van der Waals surface area (Å²) < 4.78 is 17.7. The van der Waals surface area contributed by atoms with Crippen LogP contribution >= 0.6 is 7.37 Å². The van der Waals surface area contributed by atoms with Gasteiger partial charge in [-0.05, 0) is 38.3 Å². The molecule has 2 rings (SSSR count). The molecule has 0 aliphatic carbocycles. The Morgan fingerprint density at radius 2 is 2.18 bits per heavy atom. The molecule has 0 spiro atoms. The molecule has 1 aromatic rings. The first-order chi connectivity index (χ1) is 10.5. The molecule has 0 amide bonds. The number of carbonyl (C=O) groups excluding carboxylic acids is 1. The van der Waals surface area contributed by atoms with E-state index in [9.17, 15) is 14.3 Å². The van der Waals surface area contributed by atoms with E-state index in [0.717, 1.165) is 18.5 Å². The molecule has 0 bridgehead atoms. The standard InChI is InChI=1S/C16H24NO4P/c1-2-21-16(18)14(11-13-7-4-3-5-8-13)12-22(19,20)15-9-6-10-17-15/h3-5,7-8,14-15,17H,2,6,9-12H2,1H3,(H,19,20). The number of rotatable bonds is 7. The molecule has 122 valence electrons. The summed E-state index contributed by atoms with van der Waals surface area (Å²) in [5, 5.41) is 3.07. The van der Waals surface area contributed by atoms with Crippen molar-refractivity contribution in [1.82, 2.24) is 5.32 Å². The number of ether oxygens (including phenoxy) is 1. The lowest BCUT2D eigenvalue weighted by Crippen LogP contribution is -2.29. The van der Waals surface area contributed by atoms with Crippen LogP contribution < -0.4 is 5.32 Å². The second-order valence-electron chi connectivity index (χ2n) is 5.69. The Hall–Kier alpha value is -1.16. The van der Waals surface area contributed by atoms with Crippen molar-refractivity contribution in [3.63, 3.8) is 0 Å². The van der Waals surface area contributed by atoms with Gasteiger partial charge in [0.15, 0.2) is 0 Å². The fourth-order valence-electron chi connectivity index (χ4n) is 2.83. The molecule has 0 aromatic heterocycles. The molecule has 0 saturated carbocycles. The summed E-state index contributed by atoms with van der Waals surface area (Å²) in [5.74, 6) is -1.36. The zero-order valence-electron chi connectivity index (χ0n) is 12.9. The van der Waals surface area contributed by atoms with Gasteiger partial charge in [-0.1, -0.05) is 30.3 Å². The summed E-state index contributed by atoms with van der Waals surface area (Å²) in [7, 11) is -3.42. The molecule has 1 fully saturated rings. The molecule has 1 aliphatic heterocycles. The number of benzene rings is 1. The number of nitrogens with one attached hydrogen (secondary N) is 1. The van der Waals surface area contributed by atoms with Gasteiger partial charge in [-0.15, -0.1) is 0 Å². The first kappa shape index (κ1) is 17.2. The highest BCUT2D eigenvalue weighted by Gasteiger charge is 2.37. The van der Waals surface area contributed by atoms with E-state index < -0.39 is 19.3 Å². The molecule has 1 aliphatic rings. The van der Waals surface area contributed by atoms with Crippen LogP contribution in [0.25, 0.3) is 0 Å². The molecule has 1 saturated heterocycles. The van der Waals surface area contributed by atoms with Crippen molar-refractivity contribution in [3.8, 4) is 0 Å². The van der Waals surface area contributed by atoms with Crippen molar-refractivity contribution in [2.75, 3.05) is 19.3 Å². The Kier molecular flexibility index (Phi) is 6.18. The van der Waals surface area contributed by atoms with Gasteiger partial charge < -0.3 is 14.9 Å². The Morgan fingerprint density at radius 1 is 1.45 bits per heavy atom. The van der Waals surface area contributed by atoms with E-state index >= 15 is 0 Å². The van der Waals surface area contributed by atoms with Gasteiger partial charge in [0.25, 0.3) is 0 Å². The predicted molar refractivity (Wildman–Crippen MR) is 86.0 cm³/mol. The molecule has 0 radical (unpaired) electrons. The van der Waals surface area contributed by atoms with E-state index in [1.54, 1.807) is 6.92 Å². The number of hydrogen-bond donors (Lipinski definition) is 2. The predicted octanol–water partition coefficient (Wildman–Crippen LogP) is 2.39. The average molecular weight is 325 g/mol. The quantitative estimate of drug-likeness (QED) is 0.595. The van der Waals surface area contributed by atoms with Crippen molar-refractivity contribution in [2.24, 2.45) is 5.92 Å². The first-order valence-electron chi connectivity index (χ1n) is 7.78. The topological polar surface area (TPSA) is 75.6 Å². The smallest absolute Gasteiger partial charge is 0.309 e. The minimum Gasteiger partial charge on any atom is -0.466 e. The van der Waals surface area contributed by atoms with Crippen molar-refractivity contribution in [2.45, 2.75) is 32.0 Å². The van der Waals surface area contributed by atoms with Gasteiger partial charge in [-0.25, -0.2) is 0 Å². The molecule has 2 N–H and O–H groups in total. The summed E-state index contributed by atoms with van der Waals surface area (Å²) >= 11 is 0. The van der Waals surface area contributed by atoms with Crippen LogP contribution in [0, 0.1) is 5.92 Å². The summed E-state index contributed by atoms with van der Waals surface area (Å²) in [5.41, 5.74) is 0.972. The second kappa shape index (κ2) is 7.91. The maximum Gasteiger partial charge on any atom is 0.309 e. The van der Waals surface area contributed by atoms with Crippen molar-refractivity contribution in [1.29, 1.82) is 0 Å². The monoisotopic (exact) mass is 325 g/mol.